The Morgan fingerprint density at radius 3 is 2.29 bits per heavy atom. The van der Waals surface area contributed by atoms with Crippen molar-refractivity contribution in [2.45, 2.75) is 63.8 Å². The van der Waals surface area contributed by atoms with Gasteiger partial charge in [-0.25, -0.2) is 18.1 Å². The van der Waals surface area contributed by atoms with Gasteiger partial charge in [0.1, 0.15) is 6.54 Å². The Bertz CT molecular complexity index is 1350. The number of aromatic nitrogens is 1. The molecule has 0 aliphatic heterocycles. The minimum atomic E-state index is -4.30. The summed E-state index contributed by atoms with van der Waals surface area (Å²) in [6.07, 6.45) is 6.15. The molecule has 222 valence electrons. The fourth-order valence-electron chi connectivity index (χ4n) is 4.09. The molecule has 0 spiro atoms. The number of ether oxygens (including phenoxy) is 2. The van der Waals surface area contributed by atoms with E-state index >= 15 is 0 Å². The molecule has 1 fully saturated rings. The molecule has 41 heavy (non-hydrogen) atoms. The maximum absolute atomic E-state index is 12.9. The largest absolute Gasteiger partial charge is 0.491 e. The Hall–Kier alpha value is -4.00. The van der Waals surface area contributed by atoms with Crippen LogP contribution in [-0.2, 0) is 19.6 Å². The number of sulfonamides is 1. The highest BCUT2D eigenvalue weighted by Crippen LogP contribution is 2.21. The van der Waals surface area contributed by atoms with E-state index < -0.39 is 27.8 Å². The van der Waals surface area contributed by atoms with Crippen LogP contribution in [-0.4, -0.2) is 62.9 Å². The van der Waals surface area contributed by atoms with Crippen molar-refractivity contribution in [2.75, 3.05) is 19.8 Å². The number of pyridine rings is 1. The molecule has 1 saturated carbocycles. The topological polar surface area (TPSA) is 170 Å². The first-order chi connectivity index (χ1) is 19.5. The van der Waals surface area contributed by atoms with Crippen LogP contribution in [0.3, 0.4) is 0 Å². The lowest BCUT2D eigenvalue weighted by Gasteiger charge is -2.22. The molecule has 3 N–H and O–H groups in total. The van der Waals surface area contributed by atoms with Gasteiger partial charge in [0, 0.05) is 17.8 Å². The average Bonchev–Trinajstić information content (AvgIpc) is 2.95. The van der Waals surface area contributed by atoms with E-state index in [4.69, 9.17) is 9.47 Å². The molecule has 1 aliphatic rings. The zero-order valence-corrected chi connectivity index (χ0v) is 24.2. The summed E-state index contributed by atoms with van der Waals surface area (Å²) in [5.41, 5.74) is -0.0389. The summed E-state index contributed by atoms with van der Waals surface area (Å²) in [7, 11) is -4.30. The molecule has 0 saturated heterocycles. The summed E-state index contributed by atoms with van der Waals surface area (Å²) in [5.74, 6) is -2.64. The third-order valence-electron chi connectivity index (χ3n) is 6.20. The number of hydrogen-bond acceptors (Lipinski definition) is 9. The van der Waals surface area contributed by atoms with Gasteiger partial charge in [-0.2, -0.15) is 0 Å². The van der Waals surface area contributed by atoms with Gasteiger partial charge in [0.15, 0.2) is 11.4 Å². The van der Waals surface area contributed by atoms with Crippen molar-refractivity contribution in [3.63, 3.8) is 0 Å². The minimum Gasteiger partial charge on any atom is -0.491 e. The summed E-state index contributed by atoms with van der Waals surface area (Å²) in [5, 5.41) is 5.35. The van der Waals surface area contributed by atoms with E-state index in [1.165, 1.54) is 30.3 Å². The summed E-state index contributed by atoms with van der Waals surface area (Å²) < 4.78 is 38.2. The molecule has 1 aromatic carbocycles. The zero-order chi connectivity index (χ0) is 30.0. The lowest BCUT2D eigenvalue weighted by Crippen LogP contribution is -2.36. The monoisotopic (exact) mass is 588 g/mol. The predicted octanol–water partition coefficient (Wildman–Crippen LogP) is 2.59. The first-order valence-electron chi connectivity index (χ1n) is 13.5. The Morgan fingerprint density at radius 1 is 0.976 bits per heavy atom. The number of amides is 3. The van der Waals surface area contributed by atoms with Crippen molar-refractivity contribution in [2.24, 2.45) is 5.92 Å². The second-order valence-electron chi connectivity index (χ2n) is 10.0. The van der Waals surface area contributed by atoms with E-state index in [0.29, 0.717) is 5.56 Å². The smallest absolute Gasteiger partial charge is 0.325 e. The normalized spacial score (nSPS) is 13.8. The number of carbonyl (C=O) groups is 4. The predicted molar refractivity (Wildman–Crippen MR) is 149 cm³/mol. The van der Waals surface area contributed by atoms with Crippen molar-refractivity contribution >= 4 is 33.7 Å². The van der Waals surface area contributed by atoms with Crippen molar-refractivity contribution in [1.82, 2.24) is 20.3 Å². The van der Waals surface area contributed by atoms with Crippen molar-refractivity contribution in [3.05, 3.63) is 53.3 Å². The first-order valence-corrected chi connectivity index (χ1v) is 15.0. The second-order valence-corrected chi connectivity index (χ2v) is 11.7. The van der Waals surface area contributed by atoms with Crippen LogP contribution >= 0.6 is 0 Å². The number of carbonyl (C=O) groups excluding carboxylic acids is 4. The van der Waals surface area contributed by atoms with Crippen LogP contribution in [0.1, 0.15) is 84.1 Å². The highest BCUT2D eigenvalue weighted by molar-refractivity contribution is 7.90. The Kier molecular flexibility index (Phi) is 11.2. The van der Waals surface area contributed by atoms with Crippen LogP contribution in [0.25, 0.3) is 0 Å². The molecule has 1 aromatic heterocycles. The Balaban J connectivity index is 1.71. The lowest BCUT2D eigenvalue weighted by molar-refractivity contribution is -0.141. The van der Waals surface area contributed by atoms with Gasteiger partial charge < -0.3 is 20.1 Å². The third-order valence-corrected chi connectivity index (χ3v) is 7.54. The molecule has 13 heteroatoms. The molecular weight excluding hydrogens is 552 g/mol. The van der Waals surface area contributed by atoms with Crippen LogP contribution in [0, 0.1) is 5.92 Å². The molecule has 3 amide bonds. The maximum Gasteiger partial charge on any atom is 0.325 e. The summed E-state index contributed by atoms with van der Waals surface area (Å²) in [4.78, 5) is 53.4. The van der Waals surface area contributed by atoms with E-state index in [1.807, 2.05) is 18.6 Å². The molecule has 3 rings (SSSR count). The van der Waals surface area contributed by atoms with Gasteiger partial charge in [-0.3, -0.25) is 19.2 Å². The molecule has 0 atom stereocenters. The number of esters is 1. The molecule has 12 nitrogen and oxygen atoms in total. The summed E-state index contributed by atoms with van der Waals surface area (Å²) in [6.45, 7) is 5.34. The van der Waals surface area contributed by atoms with E-state index in [1.54, 1.807) is 6.92 Å². The SMILES string of the molecule is CCOC(=O)CNC(=O)c1ncc(C(=O)NS(=O)(=O)c2ccc(C(=O)NC3CCCCC3)cc2)cc1OCC(C)C. The van der Waals surface area contributed by atoms with E-state index in [0.717, 1.165) is 38.3 Å². The fraction of sp³-hybridized carbons (Fsp3) is 0.464. The fourth-order valence-corrected chi connectivity index (χ4v) is 5.07. The van der Waals surface area contributed by atoms with E-state index in [2.05, 4.69) is 15.6 Å². The van der Waals surface area contributed by atoms with Crippen molar-refractivity contribution < 1.29 is 37.1 Å². The van der Waals surface area contributed by atoms with Gasteiger partial charge in [0.25, 0.3) is 27.7 Å². The highest BCUT2D eigenvalue weighted by Gasteiger charge is 2.23. The zero-order valence-electron chi connectivity index (χ0n) is 23.4. The van der Waals surface area contributed by atoms with Crippen molar-refractivity contribution in [3.8, 4) is 5.75 Å². The summed E-state index contributed by atoms with van der Waals surface area (Å²) in [6, 6.07) is 6.59. The van der Waals surface area contributed by atoms with Gasteiger partial charge in [0.2, 0.25) is 0 Å². The molecule has 0 radical (unpaired) electrons. The Morgan fingerprint density at radius 2 is 1.66 bits per heavy atom. The van der Waals surface area contributed by atoms with E-state index in [-0.39, 0.29) is 59.5 Å². The quantitative estimate of drug-likeness (QED) is 0.315. The number of rotatable bonds is 12. The summed E-state index contributed by atoms with van der Waals surface area (Å²) >= 11 is 0. The van der Waals surface area contributed by atoms with Gasteiger partial charge in [0.05, 0.1) is 23.7 Å². The first kappa shape index (κ1) is 31.5. The number of nitrogens with one attached hydrogen (secondary N) is 3. The van der Waals surface area contributed by atoms with Crippen LogP contribution in [0.4, 0.5) is 0 Å². The van der Waals surface area contributed by atoms with Gasteiger partial charge >= 0.3 is 5.97 Å². The minimum absolute atomic E-state index is 0.0570. The van der Waals surface area contributed by atoms with Crippen LogP contribution in [0.5, 0.6) is 5.75 Å². The maximum atomic E-state index is 12.9. The third kappa shape index (κ3) is 9.27. The molecular formula is C28H36N4O8S. The van der Waals surface area contributed by atoms with Crippen LogP contribution in [0.15, 0.2) is 41.4 Å². The van der Waals surface area contributed by atoms with Crippen molar-refractivity contribution in [1.29, 1.82) is 0 Å². The number of nitrogens with zero attached hydrogens (tertiary/aromatic N) is 1. The van der Waals surface area contributed by atoms with Gasteiger partial charge in [-0.05, 0) is 56.0 Å². The van der Waals surface area contributed by atoms with Crippen LogP contribution < -0.4 is 20.1 Å². The van der Waals surface area contributed by atoms with Gasteiger partial charge in [-0.15, -0.1) is 0 Å². The average molecular weight is 589 g/mol. The van der Waals surface area contributed by atoms with Crippen LogP contribution in [0.2, 0.25) is 0 Å². The second kappa shape index (κ2) is 14.6. The molecule has 0 bridgehead atoms. The number of hydrogen-bond donors (Lipinski definition) is 3. The molecule has 1 aliphatic carbocycles. The number of benzene rings is 1. The molecule has 1 heterocycles. The Labute approximate surface area is 239 Å². The molecule has 0 unspecified atom stereocenters. The van der Waals surface area contributed by atoms with Gasteiger partial charge in [-0.1, -0.05) is 33.1 Å². The standard InChI is InChI=1S/C28H36N4O8S/c1-4-39-24(33)16-30-28(36)25-23(40-17-18(2)3)14-20(15-29-25)27(35)32-41(37,38)22-12-10-19(11-13-22)26(34)31-21-8-6-5-7-9-21/h10-15,18,21H,4-9,16-17H2,1-3H3,(H,30,36)(H,31,34)(H,32,35). The molecule has 2 aromatic rings. The highest BCUT2D eigenvalue weighted by atomic mass is 32.2. The van der Waals surface area contributed by atoms with E-state index in [9.17, 15) is 27.6 Å². The lowest BCUT2D eigenvalue weighted by atomic mass is 9.95.